The van der Waals surface area contributed by atoms with E-state index < -0.39 is 8.80 Å². The Morgan fingerprint density at radius 3 is 2.43 bits per heavy atom. The molecule has 0 N–H and O–H groups in total. The lowest BCUT2D eigenvalue weighted by atomic mass is 10.6. The molecule has 0 aliphatic carbocycles. The van der Waals surface area contributed by atoms with E-state index in [9.17, 15) is 4.79 Å². The quantitative estimate of drug-likeness (QED) is 0.264. The Hall–Kier alpha value is -0.523. The highest BCUT2D eigenvalue weighted by Crippen LogP contribution is 2.15. The van der Waals surface area contributed by atoms with Gasteiger partial charge in [0.1, 0.15) is 0 Å². The first-order chi connectivity index (χ1) is 6.74. The molecule has 0 rings (SSSR count). The third-order valence-corrected chi connectivity index (χ3v) is 4.77. The number of nitrogens with zero attached hydrogens (tertiary/aromatic N) is 1. The van der Waals surface area contributed by atoms with E-state index in [-0.39, 0.29) is 0 Å². The first kappa shape index (κ1) is 13.5. The normalized spacial score (nSPS) is 11.1. The van der Waals surface area contributed by atoms with Crippen molar-refractivity contribution in [1.29, 1.82) is 0 Å². The van der Waals surface area contributed by atoms with Gasteiger partial charge in [0.15, 0.2) is 0 Å². The maximum absolute atomic E-state index is 9.80. The van der Waals surface area contributed by atoms with Crippen molar-refractivity contribution < 1.29 is 18.1 Å². The van der Waals surface area contributed by atoms with Gasteiger partial charge in [-0.15, -0.1) is 0 Å². The van der Waals surface area contributed by atoms with Gasteiger partial charge in [0.2, 0.25) is 6.08 Å². The van der Waals surface area contributed by atoms with Crippen molar-refractivity contribution in [3.05, 3.63) is 0 Å². The molecule has 14 heavy (non-hydrogen) atoms. The second kappa shape index (κ2) is 7.84. The van der Waals surface area contributed by atoms with Crippen LogP contribution in [0.5, 0.6) is 0 Å². The predicted molar refractivity (Wildman–Crippen MR) is 53.8 cm³/mol. The summed E-state index contributed by atoms with van der Waals surface area (Å²) in [5.74, 6) is 0. The molecule has 0 aliphatic rings. The Morgan fingerprint density at radius 2 is 2.00 bits per heavy atom. The van der Waals surface area contributed by atoms with Crippen molar-refractivity contribution in [3.63, 3.8) is 0 Å². The second-order valence-corrected chi connectivity index (χ2v) is 5.63. The summed E-state index contributed by atoms with van der Waals surface area (Å²) >= 11 is 0. The first-order valence-electron chi connectivity index (χ1n) is 4.52. The molecular formula is C8H17NO4Si. The molecule has 0 aromatic heterocycles. The smallest absolute Gasteiger partial charge is 0.377 e. The Bertz CT molecular complexity index is 190. The molecular weight excluding hydrogens is 202 g/mol. The van der Waals surface area contributed by atoms with Crippen LogP contribution < -0.4 is 0 Å². The molecule has 0 aromatic rings. The lowest BCUT2D eigenvalue weighted by molar-refractivity contribution is 0.101. The number of aliphatic imine (C=N–C) groups is 1. The molecule has 0 saturated carbocycles. The van der Waals surface area contributed by atoms with Crippen LogP contribution in [0.15, 0.2) is 4.99 Å². The minimum atomic E-state index is -2.48. The molecule has 0 aromatic carbocycles. The molecule has 0 radical (unpaired) electrons. The number of hydrogen-bond donors (Lipinski definition) is 0. The van der Waals surface area contributed by atoms with Crippen LogP contribution in [0.25, 0.3) is 0 Å². The number of carbonyl (C=O) groups excluding carboxylic acids is 1. The van der Waals surface area contributed by atoms with Crippen LogP contribution in [-0.4, -0.2) is 42.3 Å². The van der Waals surface area contributed by atoms with E-state index >= 15 is 0 Å². The van der Waals surface area contributed by atoms with Gasteiger partial charge < -0.3 is 13.3 Å². The van der Waals surface area contributed by atoms with Crippen molar-refractivity contribution >= 4 is 14.9 Å². The van der Waals surface area contributed by atoms with Crippen LogP contribution >= 0.6 is 0 Å². The van der Waals surface area contributed by atoms with E-state index in [0.29, 0.717) is 13.2 Å². The summed E-state index contributed by atoms with van der Waals surface area (Å²) in [6, 6.07) is 0.769. The largest absolute Gasteiger partial charge is 0.500 e. The highest BCUT2D eigenvalue weighted by atomic mass is 28.4. The molecule has 0 spiro atoms. The fourth-order valence-corrected chi connectivity index (χ4v) is 3.05. The van der Waals surface area contributed by atoms with Crippen LogP contribution in [0.4, 0.5) is 0 Å². The van der Waals surface area contributed by atoms with Gasteiger partial charge in [-0.3, -0.25) is 0 Å². The monoisotopic (exact) mass is 219 g/mol. The summed E-state index contributed by atoms with van der Waals surface area (Å²) in [5.41, 5.74) is 0. The van der Waals surface area contributed by atoms with E-state index in [1.165, 1.54) is 6.08 Å². The van der Waals surface area contributed by atoms with Crippen molar-refractivity contribution in [3.8, 4) is 0 Å². The zero-order chi connectivity index (χ0) is 10.9. The third-order valence-electron chi connectivity index (χ3n) is 1.77. The molecule has 0 unspecified atom stereocenters. The van der Waals surface area contributed by atoms with Crippen LogP contribution in [0, 0.1) is 0 Å². The summed E-state index contributed by atoms with van der Waals surface area (Å²) in [7, 11) is 0.672. The van der Waals surface area contributed by atoms with E-state index in [0.717, 1.165) is 12.5 Å². The van der Waals surface area contributed by atoms with Crippen molar-refractivity contribution in [2.75, 3.05) is 27.4 Å². The van der Waals surface area contributed by atoms with Gasteiger partial charge in [-0.2, -0.15) is 0 Å². The molecule has 6 heteroatoms. The van der Waals surface area contributed by atoms with Gasteiger partial charge >= 0.3 is 8.80 Å². The highest BCUT2D eigenvalue weighted by molar-refractivity contribution is 6.60. The fourth-order valence-electron chi connectivity index (χ4n) is 1.08. The standard InChI is InChI=1S/C8H17NO4Si/c1-4-7-14(11-2,12-3)13-6-5-9-8-10/h4-7H2,1-3H3. The van der Waals surface area contributed by atoms with Gasteiger partial charge in [-0.05, 0) is 0 Å². The zero-order valence-electron chi connectivity index (χ0n) is 8.91. The molecule has 0 atom stereocenters. The number of rotatable bonds is 8. The maximum atomic E-state index is 9.80. The average Bonchev–Trinajstić information content (AvgIpc) is 2.23. The highest BCUT2D eigenvalue weighted by Gasteiger charge is 2.37. The van der Waals surface area contributed by atoms with Gasteiger partial charge in [-0.1, -0.05) is 13.3 Å². The summed E-state index contributed by atoms with van der Waals surface area (Å²) in [6.45, 7) is 2.67. The summed E-state index contributed by atoms with van der Waals surface area (Å²) in [6.07, 6.45) is 2.39. The Balaban J connectivity index is 3.99. The minimum Gasteiger partial charge on any atom is -0.377 e. The maximum Gasteiger partial charge on any atom is 0.500 e. The Labute approximate surface area is 85.4 Å². The molecule has 0 amide bonds. The Kier molecular flexibility index (Phi) is 7.55. The van der Waals surface area contributed by atoms with Crippen LogP contribution in [0.3, 0.4) is 0 Å². The molecule has 5 nitrogen and oxygen atoms in total. The lowest BCUT2D eigenvalue weighted by Crippen LogP contribution is -2.44. The third kappa shape index (κ3) is 4.64. The minimum absolute atomic E-state index is 0.300. The van der Waals surface area contributed by atoms with Gasteiger partial charge in [0, 0.05) is 20.3 Å². The van der Waals surface area contributed by atoms with Crippen molar-refractivity contribution in [2.45, 2.75) is 19.4 Å². The second-order valence-electron chi connectivity index (χ2n) is 2.66. The zero-order valence-corrected chi connectivity index (χ0v) is 9.91. The summed E-state index contributed by atoms with van der Waals surface area (Å²) in [4.78, 5) is 13.2. The molecule has 0 aliphatic heterocycles. The average molecular weight is 219 g/mol. The molecule has 0 heterocycles. The summed E-state index contributed by atoms with van der Waals surface area (Å²) in [5, 5.41) is 0. The van der Waals surface area contributed by atoms with Crippen molar-refractivity contribution in [2.24, 2.45) is 4.99 Å². The fraction of sp³-hybridized carbons (Fsp3) is 0.875. The van der Waals surface area contributed by atoms with Gasteiger partial charge in [0.25, 0.3) is 0 Å². The van der Waals surface area contributed by atoms with Crippen molar-refractivity contribution in [1.82, 2.24) is 0 Å². The van der Waals surface area contributed by atoms with Crippen LogP contribution in [-0.2, 0) is 18.1 Å². The number of isocyanates is 1. The molecule has 0 bridgehead atoms. The SMILES string of the molecule is CCC[Si](OC)(OC)OCCN=C=O. The van der Waals surface area contributed by atoms with Crippen LogP contribution in [0.2, 0.25) is 6.04 Å². The summed E-state index contributed by atoms with van der Waals surface area (Å²) < 4.78 is 16.0. The molecule has 82 valence electrons. The first-order valence-corrected chi connectivity index (χ1v) is 6.45. The molecule has 0 fully saturated rings. The van der Waals surface area contributed by atoms with Crippen LogP contribution in [0.1, 0.15) is 13.3 Å². The van der Waals surface area contributed by atoms with E-state index in [4.69, 9.17) is 13.3 Å². The van der Waals surface area contributed by atoms with E-state index in [1.807, 2.05) is 6.92 Å². The van der Waals surface area contributed by atoms with E-state index in [1.54, 1.807) is 14.2 Å². The Morgan fingerprint density at radius 1 is 1.36 bits per heavy atom. The topological polar surface area (TPSA) is 57.1 Å². The van der Waals surface area contributed by atoms with Gasteiger partial charge in [0.05, 0.1) is 13.2 Å². The van der Waals surface area contributed by atoms with Gasteiger partial charge in [-0.25, -0.2) is 9.79 Å². The lowest BCUT2D eigenvalue weighted by Gasteiger charge is -2.25. The molecule has 0 saturated heterocycles. The number of hydrogen-bond acceptors (Lipinski definition) is 5. The predicted octanol–water partition coefficient (Wildman–Crippen LogP) is 0.980. The van der Waals surface area contributed by atoms with E-state index in [2.05, 4.69) is 4.99 Å².